The Bertz CT molecular complexity index is 455. The number of unbranched alkanes of at least 4 members (excludes halogenated alkanes) is 9. The first kappa shape index (κ1) is 44.3. The predicted octanol–water partition coefficient (Wildman–Crippen LogP) is 6.65. The van der Waals surface area contributed by atoms with Crippen LogP contribution in [0.2, 0.25) is 0 Å². The topological polar surface area (TPSA) is 173 Å². The summed E-state index contributed by atoms with van der Waals surface area (Å²) in [6, 6.07) is 0. The van der Waals surface area contributed by atoms with Crippen LogP contribution in [0, 0.1) is 5.41 Å². The van der Waals surface area contributed by atoms with Crippen molar-refractivity contribution >= 4 is 17.9 Å². The lowest BCUT2D eigenvalue weighted by Gasteiger charge is -2.30. The second kappa shape index (κ2) is 36.3. The van der Waals surface area contributed by atoms with E-state index >= 15 is 0 Å². The van der Waals surface area contributed by atoms with Crippen molar-refractivity contribution in [2.45, 2.75) is 150 Å². The molecule has 0 aliphatic heterocycles. The van der Waals surface area contributed by atoms with Gasteiger partial charge in [-0.3, -0.25) is 14.4 Å². The lowest BCUT2D eigenvalue weighted by molar-refractivity contribution is -0.138. The van der Waals surface area contributed by atoms with Gasteiger partial charge in [-0.25, -0.2) is 0 Å². The molecule has 0 atom stereocenters. The van der Waals surface area contributed by atoms with Crippen LogP contribution in [-0.2, 0) is 14.4 Å². The highest BCUT2D eigenvalue weighted by Gasteiger charge is 2.26. The Balaban J connectivity index is -0.000000211. The van der Waals surface area contributed by atoms with Crippen LogP contribution in [0.1, 0.15) is 150 Å². The summed E-state index contributed by atoms with van der Waals surface area (Å²) in [5.41, 5.74) is -0.0573. The van der Waals surface area contributed by atoms with Crippen LogP contribution in [-0.4, -0.2) is 68.4 Å². The molecule has 0 aromatic carbocycles. The number of aliphatic hydroxyl groups excluding tert-OH is 3. The largest absolute Gasteiger partial charge is 0.481 e. The van der Waals surface area contributed by atoms with Gasteiger partial charge in [-0.2, -0.15) is 0 Å². The summed E-state index contributed by atoms with van der Waals surface area (Å²) in [6.07, 6.45) is 16.6. The lowest BCUT2D eigenvalue weighted by Crippen LogP contribution is -2.24. The standard InChI is InChI=1S/C9H20O3.3C7H14O2/c1-2-9(3-6-10,4-7-11)5-8-12;3*1-2-3-4-5-6-7(8)9/h10-12H,2-8H2,1H3;3*2-6H2,1H3,(H,8,9). The molecule has 0 aromatic heterocycles. The molecular weight excluding hydrogens is 504 g/mol. The molecule has 0 saturated carbocycles. The fraction of sp³-hybridized carbons (Fsp3) is 0.900. The zero-order valence-corrected chi connectivity index (χ0v) is 25.5. The molecule has 0 rings (SSSR count). The van der Waals surface area contributed by atoms with Crippen molar-refractivity contribution in [2.75, 3.05) is 19.8 Å². The van der Waals surface area contributed by atoms with E-state index in [0.717, 1.165) is 64.2 Å². The lowest BCUT2D eigenvalue weighted by atomic mass is 9.76. The quantitative estimate of drug-likeness (QED) is 0.0784. The highest BCUT2D eigenvalue weighted by atomic mass is 16.4. The molecule has 0 bridgehead atoms. The first-order valence-corrected chi connectivity index (χ1v) is 15.0. The molecule has 0 heterocycles. The number of hydrogen-bond donors (Lipinski definition) is 6. The van der Waals surface area contributed by atoms with E-state index in [1.165, 1.54) is 19.3 Å². The average molecular weight is 567 g/mol. The van der Waals surface area contributed by atoms with Crippen molar-refractivity contribution in [2.24, 2.45) is 5.41 Å². The van der Waals surface area contributed by atoms with E-state index in [4.69, 9.17) is 30.6 Å². The van der Waals surface area contributed by atoms with E-state index in [-0.39, 0.29) is 25.2 Å². The van der Waals surface area contributed by atoms with Crippen molar-refractivity contribution in [3.63, 3.8) is 0 Å². The third-order valence-corrected chi connectivity index (χ3v) is 6.41. The van der Waals surface area contributed by atoms with Crippen LogP contribution in [0.15, 0.2) is 0 Å². The Kier molecular flexibility index (Phi) is 41.2. The Labute approximate surface area is 238 Å². The molecule has 6 N–H and O–H groups in total. The van der Waals surface area contributed by atoms with Gasteiger partial charge in [0, 0.05) is 39.1 Å². The van der Waals surface area contributed by atoms with Gasteiger partial charge in [-0.15, -0.1) is 0 Å². The minimum atomic E-state index is -0.675. The van der Waals surface area contributed by atoms with Crippen molar-refractivity contribution < 1.29 is 45.0 Å². The predicted molar refractivity (Wildman–Crippen MR) is 157 cm³/mol. The Morgan fingerprint density at radius 3 is 0.872 bits per heavy atom. The second-order valence-electron chi connectivity index (χ2n) is 9.89. The average Bonchev–Trinajstić information content (AvgIpc) is 2.88. The van der Waals surface area contributed by atoms with Crippen LogP contribution < -0.4 is 0 Å². The van der Waals surface area contributed by atoms with Crippen LogP contribution in [0.4, 0.5) is 0 Å². The highest BCUT2D eigenvalue weighted by Crippen LogP contribution is 2.33. The van der Waals surface area contributed by atoms with Gasteiger partial charge < -0.3 is 30.6 Å². The molecule has 0 saturated heterocycles. The summed E-state index contributed by atoms with van der Waals surface area (Å²) in [5, 5.41) is 51.1. The normalized spacial score (nSPS) is 10.2. The Morgan fingerprint density at radius 1 is 0.462 bits per heavy atom. The van der Waals surface area contributed by atoms with Gasteiger partial charge in [0.1, 0.15) is 0 Å². The number of carboxylic acids is 3. The number of aliphatic carboxylic acids is 3. The molecule has 0 spiro atoms. The summed E-state index contributed by atoms with van der Waals surface area (Å²) >= 11 is 0. The fourth-order valence-electron chi connectivity index (χ4n) is 3.73. The Morgan fingerprint density at radius 2 is 0.718 bits per heavy atom. The molecule has 0 aliphatic rings. The van der Waals surface area contributed by atoms with Gasteiger partial charge in [0.15, 0.2) is 0 Å². The maximum Gasteiger partial charge on any atom is 0.303 e. The van der Waals surface area contributed by atoms with E-state index in [0.29, 0.717) is 38.5 Å². The molecule has 0 fully saturated rings. The molecule has 0 amide bonds. The number of rotatable bonds is 22. The van der Waals surface area contributed by atoms with E-state index in [1.54, 1.807) is 0 Å². The summed E-state index contributed by atoms with van der Waals surface area (Å²) < 4.78 is 0. The first-order chi connectivity index (χ1) is 18.6. The van der Waals surface area contributed by atoms with Crippen LogP contribution >= 0.6 is 0 Å². The zero-order valence-electron chi connectivity index (χ0n) is 25.5. The van der Waals surface area contributed by atoms with E-state index in [1.807, 2.05) is 6.92 Å². The first-order valence-electron chi connectivity index (χ1n) is 15.0. The van der Waals surface area contributed by atoms with Gasteiger partial charge in [-0.1, -0.05) is 91.9 Å². The molecule has 236 valence electrons. The van der Waals surface area contributed by atoms with E-state index < -0.39 is 17.9 Å². The van der Waals surface area contributed by atoms with Crippen LogP contribution in [0.25, 0.3) is 0 Å². The van der Waals surface area contributed by atoms with Gasteiger partial charge in [0.25, 0.3) is 0 Å². The molecule has 0 radical (unpaired) electrons. The maximum atomic E-state index is 9.96. The van der Waals surface area contributed by atoms with E-state index in [9.17, 15) is 14.4 Å². The SMILES string of the molecule is CCC(CCO)(CCO)CCO.CCCCCCC(=O)O.CCCCCCC(=O)O.CCCCCCC(=O)O. The molecular formula is C30H62O9. The van der Waals surface area contributed by atoms with Crippen molar-refractivity contribution in [1.82, 2.24) is 0 Å². The maximum absolute atomic E-state index is 9.96. The van der Waals surface area contributed by atoms with Gasteiger partial charge in [0.05, 0.1) is 0 Å². The molecule has 0 unspecified atom stereocenters. The summed E-state index contributed by atoms with van der Waals surface area (Å²) in [6.45, 7) is 8.76. The van der Waals surface area contributed by atoms with Crippen LogP contribution in [0.3, 0.4) is 0 Å². The fourth-order valence-corrected chi connectivity index (χ4v) is 3.73. The summed E-state index contributed by atoms with van der Waals surface area (Å²) in [7, 11) is 0. The van der Waals surface area contributed by atoms with Crippen LogP contribution in [0.5, 0.6) is 0 Å². The molecule has 9 heteroatoms. The van der Waals surface area contributed by atoms with Gasteiger partial charge in [0.2, 0.25) is 0 Å². The van der Waals surface area contributed by atoms with E-state index in [2.05, 4.69) is 20.8 Å². The number of carboxylic acid groups (broad SMARTS) is 3. The Hall–Kier alpha value is -1.71. The third kappa shape index (κ3) is 43.6. The summed E-state index contributed by atoms with van der Waals surface area (Å²) in [5.74, 6) is -2.02. The minimum Gasteiger partial charge on any atom is -0.481 e. The minimum absolute atomic E-state index is 0.0573. The molecule has 9 nitrogen and oxygen atoms in total. The third-order valence-electron chi connectivity index (χ3n) is 6.41. The molecule has 0 aromatic rings. The number of aliphatic hydroxyl groups is 3. The smallest absolute Gasteiger partial charge is 0.303 e. The highest BCUT2D eigenvalue weighted by molar-refractivity contribution is 5.67. The van der Waals surface area contributed by atoms with Gasteiger partial charge in [-0.05, 0) is 43.9 Å². The van der Waals surface area contributed by atoms with Crippen molar-refractivity contribution in [3.8, 4) is 0 Å². The molecule has 0 aliphatic carbocycles. The number of carbonyl (C=O) groups is 3. The zero-order chi connectivity index (χ0) is 30.8. The van der Waals surface area contributed by atoms with Gasteiger partial charge >= 0.3 is 17.9 Å². The number of hydrogen-bond acceptors (Lipinski definition) is 6. The second-order valence-corrected chi connectivity index (χ2v) is 9.89. The monoisotopic (exact) mass is 566 g/mol. The van der Waals surface area contributed by atoms with Crippen molar-refractivity contribution in [1.29, 1.82) is 0 Å². The van der Waals surface area contributed by atoms with Crippen molar-refractivity contribution in [3.05, 3.63) is 0 Å². The summed E-state index contributed by atoms with van der Waals surface area (Å²) in [4.78, 5) is 29.9. The molecule has 39 heavy (non-hydrogen) atoms.